The van der Waals surface area contributed by atoms with Gasteiger partial charge in [0.25, 0.3) is 0 Å². The zero-order valence-electron chi connectivity index (χ0n) is 12.5. The van der Waals surface area contributed by atoms with E-state index in [1.807, 2.05) is 0 Å². The molecule has 4 heteroatoms. The second kappa shape index (κ2) is 7.25. The molecular formula is C16H23N3O. The fraction of sp³-hybridized carbons (Fsp3) is 0.625. The van der Waals surface area contributed by atoms with E-state index in [4.69, 9.17) is 9.72 Å². The topological polar surface area (TPSA) is 57.9 Å². The Morgan fingerprint density at radius 3 is 2.70 bits per heavy atom. The van der Waals surface area contributed by atoms with Crippen LogP contribution in [0.1, 0.15) is 48.6 Å². The second-order valence-electron chi connectivity index (χ2n) is 5.23. The monoisotopic (exact) mass is 273 g/mol. The average molecular weight is 273 g/mol. The Morgan fingerprint density at radius 2 is 2.05 bits per heavy atom. The number of hydrogen-bond acceptors (Lipinski definition) is 4. The molecule has 108 valence electrons. The molecule has 4 nitrogen and oxygen atoms in total. The Labute approximate surface area is 121 Å². The van der Waals surface area contributed by atoms with E-state index < -0.39 is 0 Å². The van der Waals surface area contributed by atoms with E-state index in [2.05, 4.69) is 18.3 Å². The summed E-state index contributed by atoms with van der Waals surface area (Å²) in [6, 6.07) is 2.35. The number of rotatable bonds is 6. The number of aryl methyl sites for hydroxylation is 1. The van der Waals surface area contributed by atoms with E-state index in [-0.39, 0.29) is 0 Å². The third-order valence-corrected chi connectivity index (χ3v) is 3.80. The highest BCUT2D eigenvalue weighted by Crippen LogP contribution is 2.30. The minimum absolute atomic E-state index is 0.618. The third-order valence-electron chi connectivity index (χ3n) is 3.80. The van der Waals surface area contributed by atoms with Crippen molar-refractivity contribution in [2.45, 2.75) is 45.4 Å². The van der Waals surface area contributed by atoms with Crippen molar-refractivity contribution in [3.8, 4) is 6.07 Å². The highest BCUT2D eigenvalue weighted by molar-refractivity contribution is 5.60. The number of fused-ring (bicyclic) bond motifs is 1. The first-order valence-corrected chi connectivity index (χ1v) is 7.49. The van der Waals surface area contributed by atoms with Crippen LogP contribution in [0.25, 0.3) is 0 Å². The number of nitrogens with one attached hydrogen (secondary N) is 1. The quantitative estimate of drug-likeness (QED) is 0.810. The minimum Gasteiger partial charge on any atom is -0.383 e. The van der Waals surface area contributed by atoms with E-state index in [1.54, 1.807) is 7.11 Å². The number of methoxy groups -OCH3 is 1. The van der Waals surface area contributed by atoms with Gasteiger partial charge < -0.3 is 10.1 Å². The summed E-state index contributed by atoms with van der Waals surface area (Å²) >= 11 is 0. The number of hydrogen-bond donors (Lipinski definition) is 1. The zero-order valence-corrected chi connectivity index (χ0v) is 12.5. The molecule has 0 bridgehead atoms. The van der Waals surface area contributed by atoms with Gasteiger partial charge in [0.15, 0.2) is 0 Å². The average Bonchev–Trinajstić information content (AvgIpc) is 2.48. The Kier molecular flexibility index (Phi) is 5.37. The summed E-state index contributed by atoms with van der Waals surface area (Å²) in [4.78, 5) is 4.73. The van der Waals surface area contributed by atoms with Crippen molar-refractivity contribution in [2.75, 3.05) is 25.6 Å². The van der Waals surface area contributed by atoms with Crippen LogP contribution >= 0.6 is 0 Å². The van der Waals surface area contributed by atoms with E-state index in [0.29, 0.717) is 13.2 Å². The van der Waals surface area contributed by atoms with E-state index >= 15 is 0 Å². The molecule has 1 aliphatic rings. The van der Waals surface area contributed by atoms with Crippen molar-refractivity contribution in [1.82, 2.24) is 4.98 Å². The van der Waals surface area contributed by atoms with Crippen LogP contribution in [0.4, 0.5) is 5.82 Å². The lowest BCUT2D eigenvalue weighted by Crippen LogP contribution is -2.16. The Bertz CT molecular complexity index is 505. The Morgan fingerprint density at radius 1 is 1.30 bits per heavy atom. The molecule has 0 fully saturated rings. The van der Waals surface area contributed by atoms with Crippen molar-refractivity contribution < 1.29 is 4.74 Å². The van der Waals surface area contributed by atoms with E-state index in [1.165, 1.54) is 29.7 Å². The SMILES string of the molecule is CCCc1nc(NCCOC)c(C#N)c2c1CCCC2. The molecule has 0 saturated carbocycles. The lowest BCUT2D eigenvalue weighted by Gasteiger charge is -2.22. The normalized spacial score (nSPS) is 13.7. The maximum atomic E-state index is 9.49. The first kappa shape index (κ1) is 14.8. The summed E-state index contributed by atoms with van der Waals surface area (Å²) in [5.41, 5.74) is 4.50. The molecule has 0 spiro atoms. The van der Waals surface area contributed by atoms with Gasteiger partial charge in [-0.25, -0.2) is 4.98 Å². The summed E-state index contributed by atoms with van der Waals surface area (Å²) in [6.07, 6.45) is 6.55. The number of pyridine rings is 1. The summed E-state index contributed by atoms with van der Waals surface area (Å²) in [5, 5.41) is 12.7. The Hall–Kier alpha value is -1.60. The molecule has 20 heavy (non-hydrogen) atoms. The molecule has 1 aliphatic carbocycles. The van der Waals surface area contributed by atoms with Gasteiger partial charge >= 0.3 is 0 Å². The molecule has 0 unspecified atom stereocenters. The van der Waals surface area contributed by atoms with Crippen LogP contribution in [0, 0.1) is 11.3 Å². The molecular weight excluding hydrogens is 250 g/mol. The maximum Gasteiger partial charge on any atom is 0.144 e. The van der Waals surface area contributed by atoms with E-state index in [0.717, 1.165) is 37.1 Å². The predicted octanol–water partition coefficient (Wildman–Crippen LogP) is 2.84. The van der Waals surface area contributed by atoms with Gasteiger partial charge in [-0.15, -0.1) is 0 Å². The van der Waals surface area contributed by atoms with Crippen LogP contribution in [0.2, 0.25) is 0 Å². The van der Waals surface area contributed by atoms with Gasteiger partial charge in [-0.3, -0.25) is 0 Å². The smallest absolute Gasteiger partial charge is 0.144 e. The van der Waals surface area contributed by atoms with Gasteiger partial charge in [-0.1, -0.05) is 13.3 Å². The number of nitriles is 1. The van der Waals surface area contributed by atoms with Gasteiger partial charge in [0.1, 0.15) is 11.9 Å². The molecule has 1 N–H and O–H groups in total. The lowest BCUT2D eigenvalue weighted by atomic mass is 9.87. The summed E-state index contributed by atoms with van der Waals surface area (Å²) < 4.78 is 5.05. The highest BCUT2D eigenvalue weighted by Gasteiger charge is 2.21. The summed E-state index contributed by atoms with van der Waals surface area (Å²) in [6.45, 7) is 3.47. The molecule has 1 aromatic heterocycles. The molecule has 0 aliphatic heterocycles. The van der Waals surface area contributed by atoms with Crippen molar-refractivity contribution in [3.63, 3.8) is 0 Å². The molecule has 1 aromatic rings. The van der Waals surface area contributed by atoms with Gasteiger partial charge in [0.05, 0.1) is 12.2 Å². The molecule has 0 atom stereocenters. The molecule has 0 saturated heterocycles. The first-order valence-electron chi connectivity index (χ1n) is 7.49. The van der Waals surface area contributed by atoms with Gasteiger partial charge in [-0.2, -0.15) is 5.26 Å². The molecule has 1 heterocycles. The van der Waals surface area contributed by atoms with Crippen LogP contribution in [-0.4, -0.2) is 25.2 Å². The third kappa shape index (κ3) is 3.10. The lowest BCUT2D eigenvalue weighted by molar-refractivity contribution is 0.210. The number of anilines is 1. The summed E-state index contributed by atoms with van der Waals surface area (Å²) in [7, 11) is 1.68. The van der Waals surface area contributed by atoms with Crippen molar-refractivity contribution >= 4 is 5.82 Å². The van der Waals surface area contributed by atoms with Crippen LogP contribution in [0.15, 0.2) is 0 Å². The fourth-order valence-corrected chi connectivity index (χ4v) is 2.86. The van der Waals surface area contributed by atoms with E-state index in [9.17, 15) is 5.26 Å². The van der Waals surface area contributed by atoms with Crippen LogP contribution in [-0.2, 0) is 24.0 Å². The predicted molar refractivity (Wildman–Crippen MR) is 80.0 cm³/mol. The number of aromatic nitrogens is 1. The van der Waals surface area contributed by atoms with Crippen LogP contribution in [0.5, 0.6) is 0 Å². The highest BCUT2D eigenvalue weighted by atomic mass is 16.5. The largest absolute Gasteiger partial charge is 0.383 e. The molecule has 0 radical (unpaired) electrons. The molecule has 0 amide bonds. The summed E-state index contributed by atoms with van der Waals surface area (Å²) in [5.74, 6) is 0.744. The van der Waals surface area contributed by atoms with Crippen LogP contribution in [0.3, 0.4) is 0 Å². The fourth-order valence-electron chi connectivity index (χ4n) is 2.86. The first-order chi connectivity index (χ1) is 9.81. The number of ether oxygens (including phenoxy) is 1. The number of nitrogens with zero attached hydrogens (tertiary/aromatic N) is 2. The van der Waals surface area contributed by atoms with Crippen molar-refractivity contribution in [3.05, 3.63) is 22.4 Å². The van der Waals surface area contributed by atoms with Crippen molar-refractivity contribution in [1.29, 1.82) is 5.26 Å². The Balaban J connectivity index is 2.39. The molecule has 2 rings (SSSR count). The van der Waals surface area contributed by atoms with Gasteiger partial charge in [-0.05, 0) is 43.2 Å². The standard InChI is InChI=1S/C16H23N3O/c1-3-6-15-13-8-5-4-7-12(13)14(11-17)16(19-15)18-9-10-20-2/h3-10H2,1-2H3,(H,18,19). The molecule has 0 aromatic carbocycles. The minimum atomic E-state index is 0.618. The zero-order chi connectivity index (χ0) is 14.4. The maximum absolute atomic E-state index is 9.49. The van der Waals surface area contributed by atoms with Crippen molar-refractivity contribution in [2.24, 2.45) is 0 Å². The van der Waals surface area contributed by atoms with Gasteiger partial charge in [0, 0.05) is 19.3 Å². The van der Waals surface area contributed by atoms with Gasteiger partial charge in [0.2, 0.25) is 0 Å². The second-order valence-corrected chi connectivity index (χ2v) is 5.23. The van der Waals surface area contributed by atoms with Crippen LogP contribution < -0.4 is 5.32 Å².